The van der Waals surface area contributed by atoms with Crippen LogP contribution >= 0.6 is 11.8 Å². The Kier molecular flexibility index (Phi) is 6.29. The highest BCUT2D eigenvalue weighted by Gasteiger charge is 2.34. The molecule has 2 aromatic rings. The average Bonchev–Trinajstić information content (AvgIpc) is 2.93. The van der Waals surface area contributed by atoms with Crippen molar-refractivity contribution in [2.45, 2.75) is 26.4 Å². The summed E-state index contributed by atoms with van der Waals surface area (Å²) in [5, 5.41) is -0.218. The van der Waals surface area contributed by atoms with E-state index in [2.05, 4.69) is 0 Å². The molecule has 1 heterocycles. The third kappa shape index (κ3) is 4.77. The van der Waals surface area contributed by atoms with Crippen molar-refractivity contribution >= 4 is 29.0 Å². The highest BCUT2D eigenvalue weighted by atomic mass is 32.2. The van der Waals surface area contributed by atoms with Crippen molar-refractivity contribution < 1.29 is 18.7 Å². The predicted octanol–water partition coefficient (Wildman–Crippen LogP) is 5.24. The first-order valence-corrected chi connectivity index (χ1v) is 9.61. The summed E-state index contributed by atoms with van der Waals surface area (Å²) in [5.74, 6) is 0.0673. The number of carbonyl (C=O) groups excluding carboxylic acids is 2. The lowest BCUT2D eigenvalue weighted by Gasteiger charge is -2.10. The van der Waals surface area contributed by atoms with Crippen molar-refractivity contribution in [2.75, 3.05) is 6.54 Å². The van der Waals surface area contributed by atoms with Crippen LogP contribution in [0.4, 0.5) is 9.18 Å². The van der Waals surface area contributed by atoms with E-state index in [0.717, 1.165) is 30.2 Å². The summed E-state index contributed by atoms with van der Waals surface area (Å²) in [6.07, 6.45) is 3.44. The topological polar surface area (TPSA) is 46.6 Å². The van der Waals surface area contributed by atoms with Crippen LogP contribution in [0, 0.1) is 5.82 Å². The molecule has 0 unspecified atom stereocenters. The maximum absolute atomic E-state index is 13.6. The molecule has 6 heteroatoms. The maximum atomic E-state index is 13.6. The summed E-state index contributed by atoms with van der Waals surface area (Å²) in [6.45, 7) is 2.62. The lowest BCUT2D eigenvalue weighted by atomic mass is 10.2. The van der Waals surface area contributed by atoms with Crippen LogP contribution in [0.2, 0.25) is 0 Å². The van der Waals surface area contributed by atoms with Crippen molar-refractivity contribution in [2.24, 2.45) is 0 Å². The third-order valence-corrected chi connectivity index (χ3v) is 5.05. The van der Waals surface area contributed by atoms with E-state index in [1.807, 2.05) is 6.92 Å². The van der Waals surface area contributed by atoms with E-state index < -0.39 is 0 Å². The molecule has 0 aliphatic carbocycles. The highest BCUT2D eigenvalue weighted by molar-refractivity contribution is 8.18. The molecule has 2 aromatic carbocycles. The molecular formula is C21H20FNO3S. The Morgan fingerprint density at radius 1 is 1.11 bits per heavy atom. The maximum Gasteiger partial charge on any atom is 0.293 e. The summed E-state index contributed by atoms with van der Waals surface area (Å²) < 4.78 is 19.2. The van der Waals surface area contributed by atoms with Gasteiger partial charge >= 0.3 is 0 Å². The van der Waals surface area contributed by atoms with Gasteiger partial charge in [-0.3, -0.25) is 14.5 Å². The van der Waals surface area contributed by atoms with Gasteiger partial charge in [-0.05, 0) is 48.0 Å². The number of hydrogen-bond acceptors (Lipinski definition) is 4. The van der Waals surface area contributed by atoms with E-state index in [1.165, 1.54) is 11.0 Å². The van der Waals surface area contributed by atoms with Gasteiger partial charge in [0.05, 0.1) is 4.91 Å². The number of thioether (sulfide) groups is 1. The van der Waals surface area contributed by atoms with Gasteiger partial charge in [0.1, 0.15) is 18.2 Å². The summed E-state index contributed by atoms with van der Waals surface area (Å²) in [7, 11) is 0. The van der Waals surface area contributed by atoms with Gasteiger partial charge in [-0.15, -0.1) is 0 Å². The quantitative estimate of drug-likeness (QED) is 0.612. The molecule has 1 aliphatic rings. The molecular weight excluding hydrogens is 365 g/mol. The Morgan fingerprint density at radius 3 is 2.56 bits per heavy atom. The Morgan fingerprint density at radius 2 is 1.85 bits per heavy atom. The zero-order valence-electron chi connectivity index (χ0n) is 15.0. The number of imide groups is 1. The van der Waals surface area contributed by atoms with Gasteiger partial charge in [-0.25, -0.2) is 4.39 Å². The Hall–Kier alpha value is -2.60. The molecule has 1 aliphatic heterocycles. The second-order valence-electron chi connectivity index (χ2n) is 6.14. The number of rotatable bonds is 7. The van der Waals surface area contributed by atoms with Crippen LogP contribution in [-0.2, 0) is 11.4 Å². The Bertz CT molecular complexity index is 864. The minimum absolute atomic E-state index is 0.141. The Labute approximate surface area is 162 Å². The molecule has 4 nitrogen and oxygen atoms in total. The van der Waals surface area contributed by atoms with Gasteiger partial charge in [0.2, 0.25) is 0 Å². The SMILES string of the molecule is CCCCN1C(=O)S/C(=C\c2ccc(OCc3ccccc3F)cc2)C1=O. The van der Waals surface area contributed by atoms with E-state index in [4.69, 9.17) is 4.74 Å². The van der Waals surface area contributed by atoms with E-state index >= 15 is 0 Å². The van der Waals surface area contributed by atoms with Gasteiger partial charge in [0.25, 0.3) is 11.1 Å². The standard InChI is InChI=1S/C21H20FNO3S/c1-2-3-12-23-20(24)19(27-21(23)25)13-15-8-10-17(11-9-15)26-14-16-6-4-5-7-18(16)22/h4-11,13H,2-3,12,14H2,1H3/b19-13-. The normalized spacial score (nSPS) is 15.6. The molecule has 3 rings (SSSR count). The highest BCUT2D eigenvalue weighted by Crippen LogP contribution is 2.32. The smallest absolute Gasteiger partial charge is 0.293 e. The first-order chi connectivity index (χ1) is 13.1. The average molecular weight is 385 g/mol. The van der Waals surface area contributed by atoms with E-state index in [1.54, 1.807) is 48.5 Å². The zero-order chi connectivity index (χ0) is 19.2. The van der Waals surface area contributed by atoms with E-state index in [9.17, 15) is 14.0 Å². The molecule has 0 saturated carbocycles. The molecule has 0 bridgehead atoms. The number of carbonyl (C=O) groups is 2. The molecule has 0 radical (unpaired) electrons. The first kappa shape index (κ1) is 19.2. The van der Waals surface area contributed by atoms with Crippen molar-refractivity contribution in [3.63, 3.8) is 0 Å². The molecule has 2 amide bonds. The van der Waals surface area contributed by atoms with Gasteiger partial charge in [0.15, 0.2) is 0 Å². The van der Waals surface area contributed by atoms with Crippen LogP contribution < -0.4 is 4.74 Å². The number of nitrogens with zero attached hydrogens (tertiary/aromatic N) is 1. The monoisotopic (exact) mass is 385 g/mol. The lowest BCUT2D eigenvalue weighted by Crippen LogP contribution is -2.29. The van der Waals surface area contributed by atoms with Gasteiger partial charge < -0.3 is 4.74 Å². The number of hydrogen-bond donors (Lipinski definition) is 0. The van der Waals surface area contributed by atoms with Crippen molar-refractivity contribution in [3.05, 3.63) is 70.4 Å². The molecule has 0 spiro atoms. The minimum atomic E-state index is -0.298. The zero-order valence-corrected chi connectivity index (χ0v) is 15.8. The summed E-state index contributed by atoms with van der Waals surface area (Å²) in [4.78, 5) is 26.0. The first-order valence-electron chi connectivity index (χ1n) is 8.80. The van der Waals surface area contributed by atoms with Crippen molar-refractivity contribution in [1.82, 2.24) is 4.90 Å². The van der Waals surface area contributed by atoms with E-state index in [-0.39, 0.29) is 23.6 Å². The fourth-order valence-corrected chi connectivity index (χ4v) is 3.46. The second kappa shape index (κ2) is 8.86. The number of amides is 2. The van der Waals surface area contributed by atoms with E-state index in [0.29, 0.717) is 22.8 Å². The molecule has 0 N–H and O–H groups in total. The molecule has 1 fully saturated rings. The summed E-state index contributed by atoms with van der Waals surface area (Å²) in [6, 6.07) is 13.6. The third-order valence-electron chi connectivity index (χ3n) is 4.14. The number of unbranched alkanes of at least 4 members (excludes halogenated alkanes) is 1. The van der Waals surface area contributed by atoms with Crippen LogP contribution in [0.1, 0.15) is 30.9 Å². The van der Waals surface area contributed by atoms with Gasteiger partial charge in [-0.1, -0.05) is 43.7 Å². The lowest BCUT2D eigenvalue weighted by molar-refractivity contribution is -0.122. The van der Waals surface area contributed by atoms with Crippen molar-refractivity contribution in [3.8, 4) is 5.75 Å². The van der Waals surface area contributed by atoms with Gasteiger partial charge in [-0.2, -0.15) is 0 Å². The van der Waals surface area contributed by atoms with Crippen LogP contribution in [0.3, 0.4) is 0 Å². The number of benzene rings is 2. The molecule has 0 aromatic heterocycles. The fraction of sp³-hybridized carbons (Fsp3) is 0.238. The van der Waals surface area contributed by atoms with Crippen molar-refractivity contribution in [1.29, 1.82) is 0 Å². The van der Waals surface area contributed by atoms with Crippen LogP contribution in [-0.4, -0.2) is 22.6 Å². The van der Waals surface area contributed by atoms with Crippen LogP contribution in [0.25, 0.3) is 6.08 Å². The van der Waals surface area contributed by atoms with Crippen LogP contribution in [0.15, 0.2) is 53.4 Å². The molecule has 27 heavy (non-hydrogen) atoms. The summed E-state index contributed by atoms with van der Waals surface area (Å²) in [5.41, 5.74) is 1.29. The second-order valence-corrected chi connectivity index (χ2v) is 7.13. The van der Waals surface area contributed by atoms with Crippen LogP contribution in [0.5, 0.6) is 5.75 Å². The predicted molar refractivity (Wildman–Crippen MR) is 105 cm³/mol. The largest absolute Gasteiger partial charge is 0.489 e. The number of halogens is 1. The summed E-state index contributed by atoms with van der Waals surface area (Å²) >= 11 is 0.966. The van der Waals surface area contributed by atoms with Gasteiger partial charge in [0, 0.05) is 12.1 Å². The fourth-order valence-electron chi connectivity index (χ4n) is 2.60. The molecule has 0 atom stereocenters. The molecule has 1 saturated heterocycles. The number of ether oxygens (including phenoxy) is 1. The minimum Gasteiger partial charge on any atom is -0.489 e. The Balaban J connectivity index is 1.63. The molecule has 140 valence electrons.